The van der Waals surface area contributed by atoms with Crippen molar-refractivity contribution in [3.05, 3.63) is 45.7 Å². The molecule has 0 saturated heterocycles. The van der Waals surface area contributed by atoms with Crippen molar-refractivity contribution >= 4 is 34.7 Å². The number of pyridine rings is 1. The first-order chi connectivity index (χ1) is 8.74. The molecule has 18 heavy (non-hydrogen) atoms. The maximum atomic E-state index is 5.81. The van der Waals surface area contributed by atoms with E-state index < -0.39 is 0 Å². The van der Waals surface area contributed by atoms with Crippen molar-refractivity contribution in [2.75, 3.05) is 6.54 Å². The average Bonchev–Trinajstić information content (AvgIpc) is 2.85. The molecule has 5 heteroatoms. The predicted octanol–water partition coefficient (Wildman–Crippen LogP) is 4.07. The van der Waals surface area contributed by atoms with E-state index in [1.807, 2.05) is 12.1 Å². The number of thiophene rings is 1. The second-order valence-electron chi connectivity index (χ2n) is 3.95. The number of hydrogen-bond acceptors (Lipinski definition) is 4. The van der Waals surface area contributed by atoms with Gasteiger partial charge >= 0.3 is 0 Å². The topological polar surface area (TPSA) is 24.9 Å². The highest BCUT2D eigenvalue weighted by atomic mass is 35.5. The molecule has 2 heterocycles. The maximum Gasteiger partial charge on any atom is 0.0964 e. The minimum absolute atomic E-state index is 0.485. The standard InChI is InChI=1S/C13H15ClN2S2/c1-10(7-15-9-12-3-2-6-17-12)18-13-5-4-11(14)8-16-13/h2-6,8,10,15H,7,9H2,1H3. The smallest absolute Gasteiger partial charge is 0.0964 e. The molecule has 2 rings (SSSR count). The Labute approximate surface area is 121 Å². The highest BCUT2D eigenvalue weighted by Gasteiger charge is 2.05. The van der Waals surface area contributed by atoms with Crippen LogP contribution in [-0.2, 0) is 6.54 Å². The zero-order chi connectivity index (χ0) is 12.8. The van der Waals surface area contributed by atoms with Crippen LogP contribution < -0.4 is 5.32 Å². The van der Waals surface area contributed by atoms with Gasteiger partial charge < -0.3 is 5.32 Å². The van der Waals surface area contributed by atoms with Gasteiger partial charge in [-0.1, -0.05) is 24.6 Å². The van der Waals surface area contributed by atoms with Crippen molar-refractivity contribution in [1.82, 2.24) is 10.3 Å². The summed E-state index contributed by atoms with van der Waals surface area (Å²) in [6.07, 6.45) is 1.69. The Kier molecular flexibility index (Phi) is 5.50. The molecule has 0 radical (unpaired) electrons. The number of nitrogens with one attached hydrogen (secondary N) is 1. The van der Waals surface area contributed by atoms with Crippen molar-refractivity contribution in [3.63, 3.8) is 0 Å². The van der Waals surface area contributed by atoms with E-state index in [0.717, 1.165) is 18.1 Å². The molecule has 96 valence electrons. The lowest BCUT2D eigenvalue weighted by atomic mass is 10.4. The van der Waals surface area contributed by atoms with Gasteiger partial charge in [0.2, 0.25) is 0 Å². The van der Waals surface area contributed by atoms with E-state index in [-0.39, 0.29) is 0 Å². The summed E-state index contributed by atoms with van der Waals surface area (Å²) in [4.78, 5) is 5.65. The summed E-state index contributed by atoms with van der Waals surface area (Å²) < 4.78 is 0. The molecule has 0 aliphatic carbocycles. The van der Waals surface area contributed by atoms with Crippen LogP contribution in [0.25, 0.3) is 0 Å². The number of thioether (sulfide) groups is 1. The highest BCUT2D eigenvalue weighted by molar-refractivity contribution is 7.99. The van der Waals surface area contributed by atoms with Crippen LogP contribution in [-0.4, -0.2) is 16.8 Å². The largest absolute Gasteiger partial charge is 0.311 e. The summed E-state index contributed by atoms with van der Waals surface area (Å²) in [6.45, 7) is 4.10. The monoisotopic (exact) mass is 298 g/mol. The quantitative estimate of drug-likeness (QED) is 0.814. The molecular formula is C13H15ClN2S2. The summed E-state index contributed by atoms with van der Waals surface area (Å²) in [7, 11) is 0. The van der Waals surface area contributed by atoms with Gasteiger partial charge in [-0.25, -0.2) is 4.98 Å². The number of hydrogen-bond donors (Lipinski definition) is 1. The highest BCUT2D eigenvalue weighted by Crippen LogP contribution is 2.21. The SMILES string of the molecule is CC(CNCc1cccs1)Sc1ccc(Cl)cn1. The van der Waals surface area contributed by atoms with Gasteiger partial charge in [0.1, 0.15) is 0 Å². The Bertz CT molecular complexity index is 456. The fourth-order valence-corrected chi connectivity index (χ4v) is 3.15. The van der Waals surface area contributed by atoms with Crippen molar-refractivity contribution in [1.29, 1.82) is 0 Å². The zero-order valence-electron chi connectivity index (χ0n) is 10.1. The number of halogens is 1. The molecule has 0 aliphatic heterocycles. The molecule has 1 N–H and O–H groups in total. The van der Waals surface area contributed by atoms with Crippen LogP contribution in [0.5, 0.6) is 0 Å². The van der Waals surface area contributed by atoms with Crippen molar-refractivity contribution in [3.8, 4) is 0 Å². The van der Waals surface area contributed by atoms with Crippen LogP contribution in [0.4, 0.5) is 0 Å². The molecule has 1 unspecified atom stereocenters. The zero-order valence-corrected chi connectivity index (χ0v) is 12.5. The first-order valence-corrected chi connectivity index (χ1v) is 7.89. The van der Waals surface area contributed by atoms with E-state index in [4.69, 9.17) is 11.6 Å². The van der Waals surface area contributed by atoms with Gasteiger partial charge in [0.25, 0.3) is 0 Å². The minimum atomic E-state index is 0.485. The summed E-state index contributed by atoms with van der Waals surface area (Å²) in [6, 6.07) is 8.07. The molecule has 0 aromatic carbocycles. The summed E-state index contributed by atoms with van der Waals surface area (Å²) in [5, 5.41) is 7.75. The average molecular weight is 299 g/mol. The summed E-state index contributed by atoms with van der Waals surface area (Å²) in [5.41, 5.74) is 0. The number of rotatable bonds is 6. The van der Waals surface area contributed by atoms with Crippen LogP contribution in [0.2, 0.25) is 5.02 Å². The maximum absolute atomic E-state index is 5.81. The van der Waals surface area contributed by atoms with E-state index in [2.05, 4.69) is 34.7 Å². The lowest BCUT2D eigenvalue weighted by Crippen LogP contribution is -2.21. The third-order valence-electron chi connectivity index (χ3n) is 2.33. The summed E-state index contributed by atoms with van der Waals surface area (Å²) in [5.74, 6) is 0. The lowest BCUT2D eigenvalue weighted by molar-refractivity contribution is 0.690. The van der Waals surface area contributed by atoms with Gasteiger partial charge in [-0.05, 0) is 23.6 Å². The van der Waals surface area contributed by atoms with Crippen molar-refractivity contribution in [2.45, 2.75) is 23.7 Å². The van der Waals surface area contributed by atoms with Crippen LogP contribution in [0.15, 0.2) is 40.9 Å². The van der Waals surface area contributed by atoms with E-state index in [1.165, 1.54) is 4.88 Å². The number of aromatic nitrogens is 1. The van der Waals surface area contributed by atoms with Gasteiger partial charge in [0.05, 0.1) is 10.0 Å². The summed E-state index contributed by atoms with van der Waals surface area (Å²) >= 11 is 9.35. The first-order valence-electron chi connectivity index (χ1n) is 5.75. The third-order valence-corrected chi connectivity index (χ3v) is 4.49. The van der Waals surface area contributed by atoms with Crippen molar-refractivity contribution in [2.24, 2.45) is 0 Å². The molecular weight excluding hydrogens is 284 g/mol. The molecule has 2 nitrogen and oxygen atoms in total. The van der Waals surface area contributed by atoms with Crippen LogP contribution in [0.1, 0.15) is 11.8 Å². The van der Waals surface area contributed by atoms with Crippen LogP contribution in [0, 0.1) is 0 Å². The second kappa shape index (κ2) is 7.14. The van der Waals surface area contributed by atoms with Gasteiger partial charge in [-0.3, -0.25) is 0 Å². The van der Waals surface area contributed by atoms with Crippen molar-refractivity contribution < 1.29 is 0 Å². The first kappa shape index (κ1) is 13.9. The Morgan fingerprint density at radius 1 is 1.44 bits per heavy atom. The second-order valence-corrected chi connectivity index (χ2v) is 6.88. The molecule has 0 amide bonds. The van der Waals surface area contributed by atoms with Gasteiger partial charge in [0.15, 0.2) is 0 Å². The Morgan fingerprint density at radius 3 is 3.00 bits per heavy atom. The molecule has 0 aliphatic rings. The van der Waals surface area contributed by atoms with Crippen LogP contribution in [0.3, 0.4) is 0 Å². The minimum Gasteiger partial charge on any atom is -0.311 e. The molecule has 0 bridgehead atoms. The fourth-order valence-electron chi connectivity index (χ4n) is 1.49. The Balaban J connectivity index is 1.71. The fraction of sp³-hybridized carbons (Fsp3) is 0.308. The predicted molar refractivity (Wildman–Crippen MR) is 80.6 cm³/mol. The van der Waals surface area contributed by atoms with E-state index in [0.29, 0.717) is 10.3 Å². The molecule has 0 spiro atoms. The number of nitrogens with zero attached hydrogens (tertiary/aromatic N) is 1. The lowest BCUT2D eigenvalue weighted by Gasteiger charge is -2.11. The van der Waals surface area contributed by atoms with Gasteiger partial charge in [-0.15, -0.1) is 23.1 Å². The van der Waals surface area contributed by atoms with Crippen LogP contribution >= 0.6 is 34.7 Å². The molecule has 2 aromatic heterocycles. The Morgan fingerprint density at radius 2 is 2.33 bits per heavy atom. The van der Waals surface area contributed by atoms with Gasteiger partial charge in [0, 0.05) is 29.4 Å². The molecule has 2 aromatic rings. The Hall–Kier alpha value is -0.550. The van der Waals surface area contributed by atoms with E-state index in [1.54, 1.807) is 29.3 Å². The van der Waals surface area contributed by atoms with Gasteiger partial charge in [-0.2, -0.15) is 0 Å². The third kappa shape index (κ3) is 4.61. The van der Waals surface area contributed by atoms with E-state index >= 15 is 0 Å². The normalized spacial score (nSPS) is 12.6. The molecule has 0 saturated carbocycles. The molecule has 0 fully saturated rings. The van der Waals surface area contributed by atoms with E-state index in [9.17, 15) is 0 Å². The molecule has 1 atom stereocenters.